The number of aliphatic hydroxyl groups excluding tert-OH is 1. The van der Waals surface area contributed by atoms with Crippen LogP contribution >= 0.6 is 0 Å². The summed E-state index contributed by atoms with van der Waals surface area (Å²) in [6.45, 7) is 0.171. The van der Waals surface area contributed by atoms with Gasteiger partial charge in [0.2, 0.25) is 0 Å². The molecular weight excluding hydrogens is 408 g/mol. The molecule has 1 aliphatic heterocycles. The zero-order valence-electron chi connectivity index (χ0n) is 17.7. The first-order valence-corrected chi connectivity index (χ1v) is 10.00. The van der Waals surface area contributed by atoms with Crippen molar-refractivity contribution in [1.82, 2.24) is 9.88 Å². The number of aromatic nitrogens is 1. The highest BCUT2D eigenvalue weighted by Gasteiger charge is 2.46. The van der Waals surface area contributed by atoms with Crippen LogP contribution in [0.1, 0.15) is 22.9 Å². The van der Waals surface area contributed by atoms with Crippen LogP contribution in [-0.2, 0) is 16.1 Å². The maximum atomic E-state index is 13.1. The number of carbonyl (C=O) groups is 2. The SMILES string of the molecule is COc1ccc(CN2C(=O)C(=O)/C(=C(\O)c3cccc(OC)c3)C2c2ccccn2)cc1. The van der Waals surface area contributed by atoms with Crippen molar-refractivity contribution in [3.05, 3.63) is 95.3 Å². The van der Waals surface area contributed by atoms with Crippen molar-refractivity contribution in [2.24, 2.45) is 0 Å². The third-order valence-corrected chi connectivity index (χ3v) is 5.36. The molecule has 1 aliphatic rings. The molecule has 0 bridgehead atoms. The van der Waals surface area contributed by atoms with Gasteiger partial charge in [0.1, 0.15) is 23.3 Å². The zero-order chi connectivity index (χ0) is 22.7. The summed E-state index contributed by atoms with van der Waals surface area (Å²) in [6, 6.07) is 18.4. The number of rotatable bonds is 6. The number of methoxy groups -OCH3 is 2. The molecule has 32 heavy (non-hydrogen) atoms. The van der Waals surface area contributed by atoms with E-state index in [9.17, 15) is 14.7 Å². The minimum atomic E-state index is -0.829. The predicted molar refractivity (Wildman–Crippen MR) is 118 cm³/mol. The normalized spacial score (nSPS) is 17.4. The molecule has 0 saturated carbocycles. The number of carbonyl (C=O) groups excluding carboxylic acids is 2. The highest BCUT2D eigenvalue weighted by molar-refractivity contribution is 6.46. The van der Waals surface area contributed by atoms with E-state index in [1.807, 2.05) is 12.1 Å². The van der Waals surface area contributed by atoms with Crippen LogP contribution in [0.3, 0.4) is 0 Å². The number of hydrogen-bond acceptors (Lipinski definition) is 6. The number of ketones is 1. The molecule has 1 unspecified atom stereocenters. The van der Waals surface area contributed by atoms with E-state index in [1.54, 1.807) is 67.9 Å². The van der Waals surface area contributed by atoms with Crippen LogP contribution in [0.15, 0.2) is 78.5 Å². The molecule has 2 heterocycles. The van der Waals surface area contributed by atoms with Gasteiger partial charge in [0.15, 0.2) is 0 Å². The molecule has 4 rings (SSSR count). The van der Waals surface area contributed by atoms with Gasteiger partial charge in [-0.3, -0.25) is 14.6 Å². The van der Waals surface area contributed by atoms with Crippen LogP contribution in [0.25, 0.3) is 5.76 Å². The average molecular weight is 430 g/mol. The number of nitrogens with zero attached hydrogens (tertiary/aromatic N) is 2. The molecule has 0 spiro atoms. The third-order valence-electron chi connectivity index (χ3n) is 5.36. The highest BCUT2D eigenvalue weighted by Crippen LogP contribution is 2.39. The van der Waals surface area contributed by atoms with Crippen molar-refractivity contribution in [1.29, 1.82) is 0 Å². The Morgan fingerprint density at radius 2 is 1.72 bits per heavy atom. The number of Topliss-reactive ketones (excluding diaryl/α,β-unsaturated/α-hetero) is 1. The third kappa shape index (κ3) is 3.92. The Hall–Kier alpha value is -4.13. The summed E-state index contributed by atoms with van der Waals surface area (Å²) in [5.41, 5.74) is 1.68. The molecule has 1 N–H and O–H groups in total. The largest absolute Gasteiger partial charge is 0.507 e. The molecule has 1 aromatic heterocycles. The Kier molecular flexibility index (Phi) is 5.89. The number of amides is 1. The van der Waals surface area contributed by atoms with Crippen molar-refractivity contribution in [3.63, 3.8) is 0 Å². The summed E-state index contributed by atoms with van der Waals surface area (Å²) in [5, 5.41) is 11.1. The first-order valence-electron chi connectivity index (χ1n) is 10.00. The average Bonchev–Trinajstić information content (AvgIpc) is 3.09. The van der Waals surface area contributed by atoms with Crippen molar-refractivity contribution in [3.8, 4) is 11.5 Å². The van der Waals surface area contributed by atoms with E-state index in [1.165, 1.54) is 12.0 Å². The number of pyridine rings is 1. The van der Waals surface area contributed by atoms with Gasteiger partial charge < -0.3 is 19.5 Å². The predicted octanol–water partition coefficient (Wildman–Crippen LogP) is 3.72. The smallest absolute Gasteiger partial charge is 0.296 e. The van der Waals surface area contributed by atoms with Crippen molar-refractivity contribution >= 4 is 17.4 Å². The Morgan fingerprint density at radius 3 is 2.38 bits per heavy atom. The van der Waals surface area contributed by atoms with E-state index in [0.717, 1.165) is 5.56 Å². The van der Waals surface area contributed by atoms with Crippen molar-refractivity contribution in [2.45, 2.75) is 12.6 Å². The number of hydrogen-bond donors (Lipinski definition) is 1. The summed E-state index contributed by atoms with van der Waals surface area (Å²) in [6.07, 6.45) is 1.59. The molecule has 0 aliphatic carbocycles. The quantitative estimate of drug-likeness (QED) is 0.364. The van der Waals surface area contributed by atoms with Crippen LogP contribution in [-0.4, -0.2) is 40.9 Å². The number of benzene rings is 2. The Labute approximate surface area is 185 Å². The van der Waals surface area contributed by atoms with Gasteiger partial charge >= 0.3 is 0 Å². The number of aliphatic hydroxyl groups is 1. The summed E-state index contributed by atoms with van der Waals surface area (Å²) in [5.74, 6) is -0.503. The molecule has 7 nitrogen and oxygen atoms in total. The Balaban J connectivity index is 1.81. The maximum absolute atomic E-state index is 13.1. The van der Waals surface area contributed by atoms with Gasteiger partial charge in [-0.1, -0.05) is 30.3 Å². The molecule has 1 amide bonds. The molecule has 3 aromatic rings. The minimum Gasteiger partial charge on any atom is -0.507 e. The fraction of sp³-hybridized carbons (Fsp3) is 0.160. The Morgan fingerprint density at radius 1 is 0.969 bits per heavy atom. The molecule has 1 atom stereocenters. The fourth-order valence-corrected chi connectivity index (χ4v) is 3.74. The molecule has 7 heteroatoms. The van der Waals surface area contributed by atoms with Crippen LogP contribution in [0.4, 0.5) is 0 Å². The number of ether oxygens (including phenoxy) is 2. The van der Waals surface area contributed by atoms with E-state index in [0.29, 0.717) is 22.8 Å². The van der Waals surface area contributed by atoms with Crippen LogP contribution < -0.4 is 9.47 Å². The lowest BCUT2D eigenvalue weighted by Gasteiger charge is -2.24. The summed E-state index contributed by atoms with van der Waals surface area (Å²) in [7, 11) is 3.09. The van der Waals surface area contributed by atoms with Crippen molar-refractivity contribution < 1.29 is 24.2 Å². The molecule has 0 radical (unpaired) electrons. The second-order valence-electron chi connectivity index (χ2n) is 7.26. The molecule has 162 valence electrons. The second-order valence-corrected chi connectivity index (χ2v) is 7.26. The van der Waals surface area contributed by atoms with Gasteiger partial charge in [0, 0.05) is 18.3 Å². The van der Waals surface area contributed by atoms with E-state index in [2.05, 4.69) is 4.98 Å². The lowest BCUT2D eigenvalue weighted by Crippen LogP contribution is -2.29. The van der Waals surface area contributed by atoms with Gasteiger partial charge in [0.05, 0.1) is 25.5 Å². The van der Waals surface area contributed by atoms with Gasteiger partial charge in [-0.15, -0.1) is 0 Å². The minimum absolute atomic E-state index is 0.00420. The molecular formula is C25H22N2O5. The standard InChI is InChI=1S/C25H22N2O5/c1-31-18-11-9-16(10-12-18)15-27-22(20-8-3-4-13-26-20)21(24(29)25(27)30)23(28)17-6-5-7-19(14-17)32-2/h3-14,22,28H,15H2,1-2H3/b23-21-. The van der Waals surface area contributed by atoms with Gasteiger partial charge in [-0.05, 0) is 42.0 Å². The first-order chi connectivity index (χ1) is 15.5. The van der Waals surface area contributed by atoms with E-state index >= 15 is 0 Å². The van der Waals surface area contributed by atoms with E-state index in [4.69, 9.17) is 9.47 Å². The summed E-state index contributed by atoms with van der Waals surface area (Å²) < 4.78 is 10.4. The maximum Gasteiger partial charge on any atom is 0.296 e. The summed E-state index contributed by atoms with van der Waals surface area (Å²) in [4.78, 5) is 31.9. The Bertz CT molecular complexity index is 1170. The zero-order valence-corrected chi connectivity index (χ0v) is 17.7. The van der Waals surface area contributed by atoms with Crippen molar-refractivity contribution in [2.75, 3.05) is 14.2 Å². The number of likely N-dealkylation sites (tertiary alicyclic amines) is 1. The van der Waals surface area contributed by atoms with Gasteiger partial charge in [-0.25, -0.2) is 0 Å². The fourth-order valence-electron chi connectivity index (χ4n) is 3.74. The molecule has 1 fully saturated rings. The van der Waals surface area contributed by atoms with E-state index in [-0.39, 0.29) is 17.9 Å². The lowest BCUT2D eigenvalue weighted by molar-refractivity contribution is -0.140. The topological polar surface area (TPSA) is 89.0 Å². The molecule has 1 saturated heterocycles. The lowest BCUT2D eigenvalue weighted by atomic mass is 9.98. The van der Waals surface area contributed by atoms with E-state index < -0.39 is 17.7 Å². The van der Waals surface area contributed by atoms with Gasteiger partial charge in [-0.2, -0.15) is 0 Å². The van der Waals surface area contributed by atoms with Crippen LogP contribution in [0, 0.1) is 0 Å². The summed E-state index contributed by atoms with van der Waals surface area (Å²) >= 11 is 0. The highest BCUT2D eigenvalue weighted by atomic mass is 16.5. The van der Waals surface area contributed by atoms with Crippen LogP contribution in [0.2, 0.25) is 0 Å². The first kappa shape index (κ1) is 21.1. The second kappa shape index (κ2) is 8.93. The molecule has 2 aromatic carbocycles. The van der Waals surface area contributed by atoms with Gasteiger partial charge in [0.25, 0.3) is 11.7 Å². The monoisotopic (exact) mass is 430 g/mol. The van der Waals surface area contributed by atoms with Crippen LogP contribution in [0.5, 0.6) is 11.5 Å².